The summed E-state index contributed by atoms with van der Waals surface area (Å²) in [4.78, 5) is 24.7. The van der Waals surface area contributed by atoms with Gasteiger partial charge in [0.15, 0.2) is 0 Å². The van der Waals surface area contributed by atoms with Crippen LogP contribution >= 0.6 is 11.3 Å². The van der Waals surface area contributed by atoms with Crippen LogP contribution in [0.4, 0.5) is 0 Å². The zero-order valence-electron chi connectivity index (χ0n) is 11.2. The summed E-state index contributed by atoms with van der Waals surface area (Å²) < 4.78 is 0. The normalized spacial score (nSPS) is 19.6. The van der Waals surface area contributed by atoms with Gasteiger partial charge in [0.2, 0.25) is 0 Å². The van der Waals surface area contributed by atoms with E-state index in [1.165, 1.54) is 16.9 Å². The van der Waals surface area contributed by atoms with Crippen molar-refractivity contribution >= 4 is 23.2 Å². The Labute approximate surface area is 116 Å². The van der Waals surface area contributed by atoms with Crippen LogP contribution in [0.15, 0.2) is 6.07 Å². The Kier molecular flexibility index (Phi) is 4.24. The van der Waals surface area contributed by atoms with E-state index in [0.717, 1.165) is 12.8 Å². The lowest BCUT2D eigenvalue weighted by atomic mass is 9.90. The van der Waals surface area contributed by atoms with E-state index >= 15 is 0 Å². The molecule has 0 bridgehead atoms. The van der Waals surface area contributed by atoms with E-state index in [-0.39, 0.29) is 12.5 Å². The van der Waals surface area contributed by atoms with Crippen molar-refractivity contribution in [2.75, 3.05) is 6.54 Å². The zero-order valence-corrected chi connectivity index (χ0v) is 12.0. The van der Waals surface area contributed by atoms with E-state index < -0.39 is 11.9 Å². The van der Waals surface area contributed by atoms with Crippen LogP contribution in [0.5, 0.6) is 0 Å². The predicted octanol–water partition coefficient (Wildman–Crippen LogP) is 2.32. The Morgan fingerprint density at radius 1 is 1.58 bits per heavy atom. The van der Waals surface area contributed by atoms with E-state index in [1.807, 2.05) is 6.07 Å². The predicted molar refractivity (Wildman–Crippen MR) is 74.6 cm³/mol. The van der Waals surface area contributed by atoms with E-state index in [2.05, 4.69) is 12.2 Å². The van der Waals surface area contributed by atoms with E-state index in [4.69, 9.17) is 5.11 Å². The maximum Gasteiger partial charge on any atom is 0.308 e. The molecule has 0 aliphatic heterocycles. The molecular formula is C14H19NO3S. The number of amides is 1. The molecule has 0 aromatic carbocycles. The molecule has 1 aromatic heterocycles. The molecule has 2 unspecified atom stereocenters. The van der Waals surface area contributed by atoms with Crippen molar-refractivity contribution in [2.45, 2.75) is 33.1 Å². The topological polar surface area (TPSA) is 66.4 Å². The summed E-state index contributed by atoms with van der Waals surface area (Å²) in [6.45, 7) is 3.99. The van der Waals surface area contributed by atoms with E-state index in [1.54, 1.807) is 18.3 Å². The number of thiophene rings is 1. The molecule has 1 aliphatic rings. The lowest BCUT2D eigenvalue weighted by molar-refractivity contribution is -0.140. The molecule has 2 atom stereocenters. The van der Waals surface area contributed by atoms with Crippen LogP contribution in [0.2, 0.25) is 0 Å². The summed E-state index contributed by atoms with van der Waals surface area (Å²) in [6, 6.07) is 1.97. The van der Waals surface area contributed by atoms with Gasteiger partial charge in [0.25, 0.3) is 5.91 Å². The van der Waals surface area contributed by atoms with Gasteiger partial charge in [0.1, 0.15) is 0 Å². The molecule has 104 valence electrons. The molecule has 0 fully saturated rings. The highest BCUT2D eigenvalue weighted by Crippen LogP contribution is 2.32. The van der Waals surface area contributed by atoms with Gasteiger partial charge in [-0.25, -0.2) is 0 Å². The quantitative estimate of drug-likeness (QED) is 0.890. The number of nitrogens with one attached hydrogen (secondary N) is 1. The average Bonchev–Trinajstić information content (AvgIpc) is 2.78. The molecule has 19 heavy (non-hydrogen) atoms. The molecular weight excluding hydrogens is 262 g/mol. The molecule has 1 heterocycles. The highest BCUT2D eigenvalue weighted by Gasteiger charge is 2.21. The Hall–Kier alpha value is -1.36. The number of carbonyl (C=O) groups excluding carboxylic acids is 1. The molecule has 1 aromatic rings. The van der Waals surface area contributed by atoms with Gasteiger partial charge in [-0.1, -0.05) is 13.8 Å². The molecule has 4 nitrogen and oxygen atoms in total. The van der Waals surface area contributed by atoms with Crippen LogP contribution < -0.4 is 5.32 Å². The van der Waals surface area contributed by atoms with Crippen molar-refractivity contribution in [2.24, 2.45) is 11.8 Å². The third-order valence-corrected chi connectivity index (χ3v) is 4.78. The molecule has 0 saturated carbocycles. The number of fused-ring (bicyclic) bond motifs is 1. The maximum absolute atomic E-state index is 12.0. The lowest BCUT2D eigenvalue weighted by Gasteiger charge is -2.16. The Morgan fingerprint density at radius 3 is 3.00 bits per heavy atom. The van der Waals surface area contributed by atoms with E-state index in [9.17, 15) is 9.59 Å². The smallest absolute Gasteiger partial charge is 0.308 e. The second-order valence-electron chi connectivity index (χ2n) is 5.36. The fraction of sp³-hybridized carbons (Fsp3) is 0.571. The van der Waals surface area contributed by atoms with Crippen molar-refractivity contribution in [3.63, 3.8) is 0 Å². The van der Waals surface area contributed by atoms with Gasteiger partial charge >= 0.3 is 5.97 Å². The second-order valence-corrected chi connectivity index (χ2v) is 6.49. The Bertz CT molecular complexity index is 495. The first kappa shape index (κ1) is 14.1. The van der Waals surface area contributed by atoms with Gasteiger partial charge in [-0.15, -0.1) is 11.3 Å². The van der Waals surface area contributed by atoms with Crippen LogP contribution in [0.3, 0.4) is 0 Å². The molecule has 1 amide bonds. The summed E-state index contributed by atoms with van der Waals surface area (Å²) >= 11 is 1.55. The molecule has 0 spiro atoms. The summed E-state index contributed by atoms with van der Waals surface area (Å²) in [5.41, 5.74) is 1.29. The third kappa shape index (κ3) is 3.35. The fourth-order valence-corrected chi connectivity index (χ4v) is 3.36. The van der Waals surface area contributed by atoms with Gasteiger partial charge in [-0.2, -0.15) is 0 Å². The first-order chi connectivity index (χ1) is 8.97. The highest BCUT2D eigenvalue weighted by atomic mass is 32.1. The maximum atomic E-state index is 12.0. The molecule has 5 heteroatoms. The molecule has 0 saturated heterocycles. The van der Waals surface area contributed by atoms with Crippen molar-refractivity contribution in [1.29, 1.82) is 0 Å². The minimum Gasteiger partial charge on any atom is -0.481 e. The van der Waals surface area contributed by atoms with Crippen LogP contribution in [-0.2, 0) is 17.6 Å². The number of hydrogen-bond donors (Lipinski definition) is 2. The van der Waals surface area contributed by atoms with Crippen LogP contribution in [-0.4, -0.2) is 23.5 Å². The first-order valence-electron chi connectivity index (χ1n) is 6.60. The first-order valence-corrected chi connectivity index (χ1v) is 7.41. The molecule has 0 radical (unpaired) electrons. The third-order valence-electron chi connectivity index (χ3n) is 3.54. The fourth-order valence-electron chi connectivity index (χ4n) is 2.24. The number of rotatable bonds is 4. The van der Waals surface area contributed by atoms with Gasteiger partial charge in [-0.3, -0.25) is 9.59 Å². The zero-order chi connectivity index (χ0) is 14.0. The lowest BCUT2D eigenvalue weighted by Crippen LogP contribution is -2.30. The highest BCUT2D eigenvalue weighted by molar-refractivity contribution is 7.14. The molecule has 2 N–H and O–H groups in total. The van der Waals surface area contributed by atoms with E-state index in [0.29, 0.717) is 10.8 Å². The Morgan fingerprint density at radius 2 is 2.32 bits per heavy atom. The van der Waals surface area contributed by atoms with Crippen LogP contribution in [0, 0.1) is 11.8 Å². The average molecular weight is 281 g/mol. The van der Waals surface area contributed by atoms with Crippen LogP contribution in [0.25, 0.3) is 0 Å². The number of aliphatic carboxylic acids is 1. The minimum absolute atomic E-state index is 0.153. The number of carboxylic acids is 1. The van der Waals surface area contributed by atoms with Gasteiger partial charge in [-0.05, 0) is 36.8 Å². The molecule has 1 aliphatic carbocycles. The van der Waals surface area contributed by atoms with Crippen molar-refractivity contribution < 1.29 is 14.7 Å². The summed E-state index contributed by atoms with van der Waals surface area (Å²) in [6.07, 6.45) is 3.29. The summed E-state index contributed by atoms with van der Waals surface area (Å²) in [5.74, 6) is -0.914. The van der Waals surface area contributed by atoms with Gasteiger partial charge in [0, 0.05) is 11.4 Å². The number of carbonyl (C=O) groups is 2. The van der Waals surface area contributed by atoms with Crippen LogP contribution in [0.1, 0.15) is 40.4 Å². The van der Waals surface area contributed by atoms with Crippen molar-refractivity contribution in [1.82, 2.24) is 5.32 Å². The standard InChI is InChI=1S/C14H19NO3S/c1-8-3-4-11-10(5-8)6-12(19-11)13(16)15-7-9(2)14(17)18/h6,8-9H,3-5,7H2,1-2H3,(H,15,16)(H,17,18). The Balaban J connectivity index is 1.98. The SMILES string of the molecule is CC1CCc2sc(C(=O)NCC(C)C(=O)O)cc2C1. The van der Waals surface area contributed by atoms with Gasteiger partial charge < -0.3 is 10.4 Å². The summed E-state index contributed by atoms with van der Waals surface area (Å²) in [5, 5.41) is 11.5. The van der Waals surface area contributed by atoms with Gasteiger partial charge in [0.05, 0.1) is 10.8 Å². The summed E-state index contributed by atoms with van der Waals surface area (Å²) in [7, 11) is 0. The second kappa shape index (κ2) is 5.74. The molecule has 2 rings (SSSR count). The monoisotopic (exact) mass is 281 g/mol. The number of carboxylic acid groups (broad SMARTS) is 1. The number of aryl methyl sites for hydroxylation is 1. The largest absolute Gasteiger partial charge is 0.481 e. The van der Waals surface area contributed by atoms with Crippen molar-refractivity contribution in [3.8, 4) is 0 Å². The minimum atomic E-state index is -0.889. The van der Waals surface area contributed by atoms with Crippen molar-refractivity contribution in [3.05, 3.63) is 21.4 Å². The number of hydrogen-bond acceptors (Lipinski definition) is 3.